The second-order valence-corrected chi connectivity index (χ2v) is 7.72. The molecule has 22 heavy (non-hydrogen) atoms. The largest absolute Gasteiger partial charge is 0.346 e. The minimum atomic E-state index is -3.16. The lowest BCUT2D eigenvalue weighted by Crippen LogP contribution is -2.32. The van der Waals surface area contributed by atoms with E-state index in [2.05, 4.69) is 24.2 Å². The number of rotatable bonds is 3. The summed E-state index contributed by atoms with van der Waals surface area (Å²) in [6, 6.07) is 2.26. The third-order valence-electron chi connectivity index (χ3n) is 4.30. The van der Waals surface area contributed by atoms with E-state index in [0.29, 0.717) is 0 Å². The predicted molar refractivity (Wildman–Crippen MR) is 84.0 cm³/mol. The highest BCUT2D eigenvalue weighted by molar-refractivity contribution is 7.88. The third kappa shape index (κ3) is 2.28. The van der Waals surface area contributed by atoms with E-state index in [1.165, 1.54) is 6.26 Å². The molecule has 3 aromatic rings. The molecule has 2 N–H and O–H groups in total. The highest BCUT2D eigenvalue weighted by Crippen LogP contribution is 2.34. The van der Waals surface area contributed by atoms with Gasteiger partial charge in [0.25, 0.3) is 0 Å². The lowest BCUT2D eigenvalue weighted by Gasteiger charge is -2.14. The van der Waals surface area contributed by atoms with Crippen LogP contribution in [0.2, 0.25) is 0 Å². The summed E-state index contributed by atoms with van der Waals surface area (Å²) in [5, 5.41) is 1.05. The molecule has 1 aliphatic carbocycles. The molecular weight excluding hydrogens is 302 g/mol. The molecule has 0 bridgehead atoms. The van der Waals surface area contributed by atoms with Crippen molar-refractivity contribution in [1.82, 2.24) is 24.2 Å². The van der Waals surface area contributed by atoms with Crippen LogP contribution in [-0.2, 0) is 10.0 Å². The van der Waals surface area contributed by atoms with E-state index in [1.807, 2.05) is 18.6 Å². The SMILES string of the molecule is CS(=O)(=O)N[C@H]1CC[C@H](n2cnc3cnc4[nH]ccc4c32)C1. The second-order valence-electron chi connectivity index (χ2n) is 5.94. The summed E-state index contributed by atoms with van der Waals surface area (Å²) in [6.07, 6.45) is 9.26. The van der Waals surface area contributed by atoms with Crippen LogP contribution in [0.4, 0.5) is 0 Å². The van der Waals surface area contributed by atoms with Crippen molar-refractivity contribution >= 4 is 32.1 Å². The van der Waals surface area contributed by atoms with E-state index < -0.39 is 10.0 Å². The normalized spacial score (nSPS) is 22.8. The van der Waals surface area contributed by atoms with E-state index >= 15 is 0 Å². The molecule has 3 heterocycles. The second kappa shape index (κ2) is 4.79. The van der Waals surface area contributed by atoms with Gasteiger partial charge in [0.2, 0.25) is 10.0 Å². The Bertz CT molecular complexity index is 943. The number of nitrogens with one attached hydrogen (secondary N) is 2. The fourth-order valence-corrected chi connectivity index (χ4v) is 4.25. The molecule has 4 rings (SSSR count). The van der Waals surface area contributed by atoms with Crippen molar-refractivity contribution in [3.8, 4) is 0 Å². The van der Waals surface area contributed by atoms with E-state index in [1.54, 1.807) is 6.20 Å². The molecule has 1 saturated carbocycles. The number of H-pyrrole nitrogens is 1. The Morgan fingerprint density at radius 3 is 3.05 bits per heavy atom. The summed E-state index contributed by atoms with van der Waals surface area (Å²) >= 11 is 0. The lowest BCUT2D eigenvalue weighted by molar-refractivity contribution is 0.509. The van der Waals surface area contributed by atoms with Crippen LogP contribution in [0.5, 0.6) is 0 Å². The molecule has 0 amide bonds. The van der Waals surface area contributed by atoms with Crippen LogP contribution >= 0.6 is 0 Å². The molecule has 0 unspecified atom stereocenters. The predicted octanol–water partition coefficient (Wildman–Crippen LogP) is 1.56. The molecule has 0 spiro atoms. The maximum absolute atomic E-state index is 11.4. The molecule has 1 fully saturated rings. The van der Waals surface area contributed by atoms with Gasteiger partial charge in [0.05, 0.1) is 24.3 Å². The number of hydrogen-bond acceptors (Lipinski definition) is 4. The summed E-state index contributed by atoms with van der Waals surface area (Å²) < 4.78 is 27.7. The zero-order valence-corrected chi connectivity index (χ0v) is 13.0. The summed E-state index contributed by atoms with van der Waals surface area (Å²) in [7, 11) is -3.16. The zero-order valence-electron chi connectivity index (χ0n) is 12.2. The first kappa shape index (κ1) is 13.7. The first-order chi connectivity index (χ1) is 10.5. The van der Waals surface area contributed by atoms with Gasteiger partial charge < -0.3 is 9.55 Å². The summed E-state index contributed by atoms with van der Waals surface area (Å²) in [5.74, 6) is 0. The Hall–Kier alpha value is -1.93. The van der Waals surface area contributed by atoms with Crippen molar-refractivity contribution in [3.05, 3.63) is 24.8 Å². The number of sulfonamides is 1. The minimum Gasteiger partial charge on any atom is -0.346 e. The molecule has 0 radical (unpaired) electrons. The summed E-state index contributed by atoms with van der Waals surface area (Å²) in [5.41, 5.74) is 2.78. The fraction of sp³-hybridized carbons (Fsp3) is 0.429. The quantitative estimate of drug-likeness (QED) is 0.766. The van der Waals surface area contributed by atoms with Gasteiger partial charge in [-0.3, -0.25) is 0 Å². The Morgan fingerprint density at radius 2 is 2.23 bits per heavy atom. The maximum Gasteiger partial charge on any atom is 0.208 e. The van der Waals surface area contributed by atoms with Crippen LogP contribution < -0.4 is 4.72 Å². The molecule has 0 aliphatic heterocycles. The number of nitrogens with zero attached hydrogens (tertiary/aromatic N) is 3. The number of pyridine rings is 1. The van der Waals surface area contributed by atoms with Gasteiger partial charge in [-0.25, -0.2) is 23.1 Å². The third-order valence-corrected chi connectivity index (χ3v) is 5.06. The Balaban J connectivity index is 1.71. The average molecular weight is 319 g/mol. The van der Waals surface area contributed by atoms with Crippen LogP contribution in [0.3, 0.4) is 0 Å². The number of fused-ring (bicyclic) bond motifs is 3. The van der Waals surface area contributed by atoms with E-state index in [0.717, 1.165) is 41.3 Å². The first-order valence-corrected chi connectivity index (χ1v) is 9.16. The summed E-state index contributed by atoms with van der Waals surface area (Å²) in [4.78, 5) is 11.9. The molecule has 3 aromatic heterocycles. The molecule has 0 saturated heterocycles. The number of aromatic nitrogens is 4. The molecule has 7 nitrogen and oxygen atoms in total. The van der Waals surface area contributed by atoms with Gasteiger partial charge in [-0.2, -0.15) is 0 Å². The monoisotopic (exact) mass is 319 g/mol. The first-order valence-electron chi connectivity index (χ1n) is 7.27. The maximum atomic E-state index is 11.4. The average Bonchev–Trinajstić information content (AvgIpc) is 3.13. The van der Waals surface area contributed by atoms with Crippen molar-refractivity contribution < 1.29 is 8.42 Å². The molecule has 2 atom stereocenters. The summed E-state index contributed by atoms with van der Waals surface area (Å²) in [6.45, 7) is 0. The fourth-order valence-electron chi connectivity index (χ4n) is 3.43. The van der Waals surface area contributed by atoms with Gasteiger partial charge in [-0.05, 0) is 25.3 Å². The van der Waals surface area contributed by atoms with Crippen LogP contribution in [0.15, 0.2) is 24.8 Å². The van der Waals surface area contributed by atoms with E-state index in [4.69, 9.17) is 0 Å². The van der Waals surface area contributed by atoms with Crippen molar-refractivity contribution in [3.63, 3.8) is 0 Å². The highest BCUT2D eigenvalue weighted by atomic mass is 32.2. The Kier molecular flexibility index (Phi) is 2.98. The van der Waals surface area contributed by atoms with Crippen molar-refractivity contribution in [2.45, 2.75) is 31.3 Å². The Morgan fingerprint density at radius 1 is 1.36 bits per heavy atom. The van der Waals surface area contributed by atoms with Crippen LogP contribution in [-0.4, -0.2) is 40.2 Å². The smallest absolute Gasteiger partial charge is 0.208 e. The Labute approximate surface area is 127 Å². The van der Waals surface area contributed by atoms with Crippen molar-refractivity contribution in [1.29, 1.82) is 0 Å². The van der Waals surface area contributed by atoms with Crippen molar-refractivity contribution in [2.24, 2.45) is 0 Å². The van der Waals surface area contributed by atoms with Gasteiger partial charge >= 0.3 is 0 Å². The van der Waals surface area contributed by atoms with Gasteiger partial charge in [0, 0.05) is 23.7 Å². The molecular formula is C14H17N5O2S. The highest BCUT2D eigenvalue weighted by Gasteiger charge is 2.29. The van der Waals surface area contributed by atoms with Crippen molar-refractivity contribution in [2.75, 3.05) is 6.26 Å². The standard InChI is InChI=1S/C14H17N5O2S/c1-22(20,21)18-9-2-3-10(6-9)19-8-17-12-7-16-14-11(13(12)19)4-5-15-14/h4-5,7-10,18H,2-3,6H2,1H3,(H,15,16)/t9-,10-/m0/s1. The molecule has 1 aliphatic rings. The van der Waals surface area contributed by atoms with Crippen LogP contribution in [0.1, 0.15) is 25.3 Å². The van der Waals surface area contributed by atoms with Crippen LogP contribution in [0, 0.1) is 0 Å². The minimum absolute atomic E-state index is 0.000929. The molecule has 8 heteroatoms. The number of hydrogen-bond donors (Lipinski definition) is 2. The van der Waals surface area contributed by atoms with Gasteiger partial charge in [-0.1, -0.05) is 0 Å². The van der Waals surface area contributed by atoms with Gasteiger partial charge in [-0.15, -0.1) is 0 Å². The van der Waals surface area contributed by atoms with Gasteiger partial charge in [0.15, 0.2) is 0 Å². The van der Waals surface area contributed by atoms with Crippen LogP contribution in [0.25, 0.3) is 22.1 Å². The molecule has 0 aromatic carbocycles. The van der Waals surface area contributed by atoms with Gasteiger partial charge in [0.1, 0.15) is 11.2 Å². The molecule has 116 valence electrons. The lowest BCUT2D eigenvalue weighted by atomic mass is 10.2. The van der Waals surface area contributed by atoms with E-state index in [9.17, 15) is 8.42 Å². The number of imidazole rings is 1. The van der Waals surface area contributed by atoms with E-state index in [-0.39, 0.29) is 12.1 Å². The topological polar surface area (TPSA) is 92.7 Å². The zero-order chi connectivity index (χ0) is 15.3. The number of aromatic amines is 1.